The lowest BCUT2D eigenvalue weighted by Crippen LogP contribution is -2.42. The lowest BCUT2D eigenvalue weighted by atomic mass is 10.2. The molecule has 0 atom stereocenters. The first kappa shape index (κ1) is 16.7. The fourth-order valence-electron chi connectivity index (χ4n) is 3.40. The summed E-state index contributed by atoms with van der Waals surface area (Å²) in [6.45, 7) is 4.44. The number of aromatic nitrogens is 1. The highest BCUT2D eigenvalue weighted by Crippen LogP contribution is 2.25. The molecule has 0 bridgehead atoms. The molecular weight excluding hydrogens is 312 g/mol. The zero-order valence-corrected chi connectivity index (χ0v) is 14.4. The number of carbonyl (C=O) groups is 1. The van der Waals surface area contributed by atoms with Gasteiger partial charge in [-0.25, -0.2) is 4.98 Å². The average molecular weight is 338 g/mol. The van der Waals surface area contributed by atoms with Crippen LogP contribution >= 0.6 is 11.3 Å². The Hall–Kier alpha value is -1.18. The van der Waals surface area contributed by atoms with Crippen LogP contribution in [0.15, 0.2) is 5.38 Å². The smallest absolute Gasteiger partial charge is 0.228 e. The number of nitrogens with zero attached hydrogens (tertiary/aromatic N) is 3. The van der Waals surface area contributed by atoms with Gasteiger partial charge in [-0.1, -0.05) is 12.8 Å². The molecule has 1 aromatic rings. The van der Waals surface area contributed by atoms with E-state index in [1.54, 1.807) is 11.3 Å². The number of rotatable bonds is 6. The van der Waals surface area contributed by atoms with Crippen molar-refractivity contribution in [2.45, 2.75) is 38.1 Å². The summed E-state index contributed by atoms with van der Waals surface area (Å²) >= 11 is 1.62. The molecule has 2 aliphatic rings. The molecule has 128 valence electrons. The Kier molecular flexibility index (Phi) is 5.85. The molecule has 0 aromatic carbocycles. The number of thiazole rings is 1. The van der Waals surface area contributed by atoms with Crippen molar-refractivity contribution in [3.8, 4) is 0 Å². The van der Waals surface area contributed by atoms with E-state index in [1.165, 1.54) is 12.8 Å². The average Bonchev–Trinajstić information content (AvgIpc) is 3.25. The topological polar surface area (TPSA) is 71.7 Å². The predicted molar refractivity (Wildman–Crippen MR) is 91.9 cm³/mol. The van der Waals surface area contributed by atoms with Crippen LogP contribution in [0.2, 0.25) is 0 Å². The van der Waals surface area contributed by atoms with Crippen molar-refractivity contribution in [2.24, 2.45) is 5.73 Å². The second-order valence-electron chi connectivity index (χ2n) is 6.21. The van der Waals surface area contributed by atoms with E-state index in [1.807, 2.05) is 10.3 Å². The van der Waals surface area contributed by atoms with Crippen LogP contribution in [0.3, 0.4) is 0 Å². The highest BCUT2D eigenvalue weighted by atomic mass is 32.1. The lowest BCUT2D eigenvalue weighted by Gasteiger charge is -2.28. The van der Waals surface area contributed by atoms with Crippen molar-refractivity contribution < 1.29 is 9.53 Å². The Morgan fingerprint density at radius 2 is 2.13 bits per heavy atom. The van der Waals surface area contributed by atoms with Crippen molar-refractivity contribution in [1.82, 2.24) is 9.88 Å². The molecule has 1 aliphatic heterocycles. The first-order valence-electron chi connectivity index (χ1n) is 8.54. The van der Waals surface area contributed by atoms with Gasteiger partial charge in [-0.2, -0.15) is 0 Å². The first-order valence-corrected chi connectivity index (χ1v) is 9.42. The molecule has 2 heterocycles. The number of ether oxygens (including phenoxy) is 1. The lowest BCUT2D eigenvalue weighted by molar-refractivity contribution is -0.132. The van der Waals surface area contributed by atoms with Gasteiger partial charge >= 0.3 is 0 Å². The maximum Gasteiger partial charge on any atom is 0.228 e. The van der Waals surface area contributed by atoms with Gasteiger partial charge in [0.2, 0.25) is 5.91 Å². The van der Waals surface area contributed by atoms with Crippen molar-refractivity contribution >= 4 is 22.4 Å². The molecule has 1 saturated carbocycles. The van der Waals surface area contributed by atoms with Crippen molar-refractivity contribution in [3.63, 3.8) is 0 Å². The van der Waals surface area contributed by atoms with E-state index in [0.717, 1.165) is 50.0 Å². The molecule has 0 unspecified atom stereocenters. The van der Waals surface area contributed by atoms with Gasteiger partial charge in [0.05, 0.1) is 25.3 Å². The second-order valence-corrected chi connectivity index (χ2v) is 7.05. The van der Waals surface area contributed by atoms with E-state index in [0.29, 0.717) is 25.6 Å². The van der Waals surface area contributed by atoms with Crippen molar-refractivity contribution in [1.29, 1.82) is 0 Å². The van der Waals surface area contributed by atoms with E-state index in [4.69, 9.17) is 10.5 Å². The maximum atomic E-state index is 12.7. The van der Waals surface area contributed by atoms with E-state index in [-0.39, 0.29) is 5.91 Å². The molecular formula is C16H26N4O2S. The summed E-state index contributed by atoms with van der Waals surface area (Å²) in [5.41, 5.74) is 6.58. The van der Waals surface area contributed by atoms with Crippen molar-refractivity contribution in [2.75, 3.05) is 44.3 Å². The van der Waals surface area contributed by atoms with Gasteiger partial charge in [0.25, 0.3) is 0 Å². The van der Waals surface area contributed by atoms with Gasteiger partial charge in [-0.15, -0.1) is 11.3 Å². The van der Waals surface area contributed by atoms with Crippen LogP contribution < -0.4 is 10.6 Å². The van der Waals surface area contributed by atoms with E-state index in [2.05, 4.69) is 9.88 Å². The van der Waals surface area contributed by atoms with E-state index < -0.39 is 0 Å². The number of carbonyl (C=O) groups excluding carboxylic acids is 1. The standard InChI is InChI=1S/C16H26N4O2S/c17-5-6-20(14-3-1-2-4-14)15(21)11-13-12-23-16(18-13)19-7-9-22-10-8-19/h12,14H,1-11,17H2. The Bertz CT molecular complexity index is 510. The second kappa shape index (κ2) is 8.08. The van der Waals surface area contributed by atoms with Crippen LogP contribution in [-0.2, 0) is 16.0 Å². The summed E-state index contributed by atoms with van der Waals surface area (Å²) < 4.78 is 5.37. The van der Waals surface area contributed by atoms with Crippen LogP contribution in [0, 0.1) is 0 Å². The van der Waals surface area contributed by atoms with Crippen LogP contribution in [0.1, 0.15) is 31.4 Å². The summed E-state index contributed by atoms with van der Waals surface area (Å²) in [4.78, 5) is 21.5. The third-order valence-corrected chi connectivity index (χ3v) is 5.56. The van der Waals surface area contributed by atoms with E-state index >= 15 is 0 Å². The normalized spacial score (nSPS) is 19.3. The molecule has 1 aliphatic carbocycles. The molecule has 2 N–H and O–H groups in total. The minimum absolute atomic E-state index is 0.168. The Morgan fingerprint density at radius 1 is 1.39 bits per heavy atom. The maximum absolute atomic E-state index is 12.7. The minimum atomic E-state index is 0.168. The number of hydrogen-bond acceptors (Lipinski definition) is 6. The largest absolute Gasteiger partial charge is 0.378 e. The van der Waals surface area contributed by atoms with Gasteiger partial charge in [0.1, 0.15) is 0 Å². The van der Waals surface area contributed by atoms with Crippen LogP contribution in [0.5, 0.6) is 0 Å². The Labute approximate surface area is 141 Å². The summed E-state index contributed by atoms with van der Waals surface area (Å²) in [7, 11) is 0. The molecule has 0 spiro atoms. The quantitative estimate of drug-likeness (QED) is 0.845. The molecule has 1 amide bonds. The van der Waals surface area contributed by atoms with Gasteiger partial charge in [-0.3, -0.25) is 4.79 Å². The third kappa shape index (κ3) is 4.22. The van der Waals surface area contributed by atoms with Gasteiger partial charge in [-0.05, 0) is 12.8 Å². The molecule has 2 fully saturated rings. The number of anilines is 1. The molecule has 1 saturated heterocycles. The highest BCUT2D eigenvalue weighted by molar-refractivity contribution is 7.13. The third-order valence-electron chi connectivity index (χ3n) is 4.61. The Balaban J connectivity index is 1.60. The SMILES string of the molecule is NCCN(C(=O)Cc1csc(N2CCOCC2)n1)C1CCCC1. The van der Waals surface area contributed by atoms with Gasteiger partial charge in [0, 0.05) is 37.6 Å². The number of amides is 1. The summed E-state index contributed by atoms with van der Waals surface area (Å²) in [5, 5.41) is 3.01. The molecule has 7 heteroatoms. The highest BCUT2D eigenvalue weighted by Gasteiger charge is 2.26. The fraction of sp³-hybridized carbons (Fsp3) is 0.750. The van der Waals surface area contributed by atoms with Crippen LogP contribution in [0.4, 0.5) is 5.13 Å². The molecule has 23 heavy (non-hydrogen) atoms. The summed E-state index contributed by atoms with van der Waals surface area (Å²) in [6, 6.07) is 0.378. The zero-order valence-electron chi connectivity index (χ0n) is 13.6. The monoisotopic (exact) mass is 338 g/mol. The van der Waals surface area contributed by atoms with Gasteiger partial charge in [0.15, 0.2) is 5.13 Å². The predicted octanol–water partition coefficient (Wildman–Crippen LogP) is 1.25. The fourth-order valence-corrected chi connectivity index (χ4v) is 4.28. The zero-order chi connectivity index (χ0) is 16.1. The molecule has 3 rings (SSSR count). The molecule has 1 aromatic heterocycles. The van der Waals surface area contributed by atoms with Crippen LogP contribution in [0.25, 0.3) is 0 Å². The van der Waals surface area contributed by atoms with E-state index in [9.17, 15) is 4.79 Å². The summed E-state index contributed by atoms with van der Waals surface area (Å²) in [5.74, 6) is 0.168. The first-order chi connectivity index (χ1) is 11.3. The molecule has 6 nitrogen and oxygen atoms in total. The number of hydrogen-bond donors (Lipinski definition) is 1. The molecule has 0 radical (unpaired) electrons. The number of nitrogens with two attached hydrogens (primary N) is 1. The Morgan fingerprint density at radius 3 is 2.83 bits per heavy atom. The van der Waals surface area contributed by atoms with Crippen LogP contribution in [-0.4, -0.2) is 61.2 Å². The number of morpholine rings is 1. The summed E-state index contributed by atoms with van der Waals surface area (Å²) in [6.07, 6.45) is 5.05. The van der Waals surface area contributed by atoms with Crippen molar-refractivity contribution in [3.05, 3.63) is 11.1 Å². The minimum Gasteiger partial charge on any atom is -0.378 e. The van der Waals surface area contributed by atoms with Gasteiger partial charge < -0.3 is 20.3 Å².